The lowest BCUT2D eigenvalue weighted by Crippen LogP contribution is -2.47. The minimum atomic E-state index is -1.22. The lowest BCUT2D eigenvalue weighted by molar-refractivity contribution is -0.0496. The molecule has 3 aliphatic heterocycles. The van der Waals surface area contributed by atoms with Gasteiger partial charge in [0.05, 0.1) is 18.8 Å². The molecule has 3 saturated heterocycles. The van der Waals surface area contributed by atoms with Gasteiger partial charge in [-0.3, -0.25) is 0 Å². The first kappa shape index (κ1) is 79.6. The van der Waals surface area contributed by atoms with Crippen LogP contribution in [0.1, 0.15) is 110 Å². The average molecular weight is 1540 g/mol. The number of hydrogen-bond donors (Lipinski definition) is 9. The van der Waals surface area contributed by atoms with Crippen LogP contribution >= 0.6 is 0 Å². The van der Waals surface area contributed by atoms with E-state index in [0.29, 0.717) is 52.4 Å². The molecule has 0 unspecified atom stereocenters. The summed E-state index contributed by atoms with van der Waals surface area (Å²) in [5.41, 5.74) is 9.62. The van der Waals surface area contributed by atoms with Crippen molar-refractivity contribution in [3.63, 3.8) is 0 Å². The number of nitrogens with one attached hydrogen (secondary N) is 3. The Morgan fingerprint density at radius 1 is 0.316 bits per heavy atom. The van der Waals surface area contributed by atoms with Gasteiger partial charge in [0.15, 0.2) is 0 Å². The topological polar surface area (TPSA) is 370 Å². The molecule has 15 rings (SSSR count). The third-order valence-electron chi connectivity index (χ3n) is 20.5. The standard InChI is InChI=1S/3C28H32N8O2/c2*1-28(2,21-6-4-3-5-7-21)22-16-29-26(30-17-22)35-12-14-36(15-13-35)27-32-19-31-25(34-27)33-23-10-8-20(9-11-23)24(38)18-37;1-28(2,38)24(37)22-8-10-23(11-9-22)33-25-31-19-32-27(34-25)36-14-12-35(13-15-36)26-29-17-21(18-30-26)16-20-6-4-3-5-7-20/h2*3-11,16-17,19,24,37-38H,12-15,18H2,1-2H3,(H,31,32,33,34);3-11,17-19,24,37-38H,12-16H2,1-2H3,(H,31,32,33,34)/t3*24-/m101/s1. The largest absolute Gasteiger partial charge is 0.393 e. The minimum Gasteiger partial charge on any atom is -0.393 e. The number of aliphatic hydroxyl groups excluding tert-OH is 5. The second-order valence-electron chi connectivity index (χ2n) is 29.5. The summed E-state index contributed by atoms with van der Waals surface area (Å²) < 4.78 is 0. The summed E-state index contributed by atoms with van der Waals surface area (Å²) in [6, 6.07) is 52.5. The minimum absolute atomic E-state index is 0.175. The van der Waals surface area contributed by atoms with E-state index >= 15 is 0 Å². The number of piperazine rings is 3. The lowest BCUT2D eigenvalue weighted by atomic mass is 9.79. The molecule has 9 heterocycles. The Morgan fingerprint density at radius 3 is 0.895 bits per heavy atom. The fourth-order valence-electron chi connectivity index (χ4n) is 13.2. The van der Waals surface area contributed by atoms with Gasteiger partial charge in [0, 0.05) is 150 Å². The van der Waals surface area contributed by atoms with Gasteiger partial charge in [-0.05, 0) is 100 Å². The second-order valence-corrected chi connectivity index (χ2v) is 29.5. The van der Waals surface area contributed by atoms with E-state index in [-0.39, 0.29) is 24.0 Å². The first-order valence-corrected chi connectivity index (χ1v) is 38.0. The summed E-state index contributed by atoms with van der Waals surface area (Å²) in [7, 11) is 0. The average Bonchev–Trinajstić information content (AvgIpc) is 0.806. The Morgan fingerprint density at radius 2 is 0.596 bits per heavy atom. The van der Waals surface area contributed by atoms with Crippen molar-refractivity contribution < 1.29 is 30.6 Å². The number of anilines is 12. The fraction of sp³-hybridized carbons (Fsp3) is 0.321. The van der Waals surface area contributed by atoms with Crippen LogP contribution in [0.25, 0.3) is 0 Å². The summed E-state index contributed by atoms with van der Waals surface area (Å²) in [6.45, 7) is 20.2. The van der Waals surface area contributed by atoms with Crippen molar-refractivity contribution in [2.75, 3.05) is 137 Å². The molecule has 30 nitrogen and oxygen atoms in total. The Bertz CT molecular complexity index is 4760. The maximum Gasteiger partial charge on any atom is 0.231 e. The molecule has 0 bridgehead atoms. The highest BCUT2D eigenvalue weighted by Crippen LogP contribution is 2.34. The van der Waals surface area contributed by atoms with E-state index in [0.717, 1.165) is 137 Å². The van der Waals surface area contributed by atoms with E-state index in [9.17, 15) is 20.4 Å². The van der Waals surface area contributed by atoms with Crippen molar-refractivity contribution in [2.45, 2.75) is 82.7 Å². The van der Waals surface area contributed by atoms with Crippen molar-refractivity contribution in [2.24, 2.45) is 0 Å². The smallest absolute Gasteiger partial charge is 0.231 e. The van der Waals surface area contributed by atoms with Crippen molar-refractivity contribution in [3.05, 3.63) is 270 Å². The molecule has 3 aliphatic rings. The van der Waals surface area contributed by atoms with Gasteiger partial charge in [-0.25, -0.2) is 59.8 Å². The van der Waals surface area contributed by atoms with Crippen LogP contribution in [0.2, 0.25) is 0 Å². The zero-order chi connectivity index (χ0) is 79.6. The SMILES string of the molecule is CC(C)(O)[C@H](O)c1ccc(Nc2ncnc(N3CCN(c4ncc(Cc5ccccc5)cn4)CC3)n2)cc1.CC(C)(c1ccccc1)c1cnc(N2CCN(c3ncnc(Nc4ccc([C@@H](O)CO)cc4)n3)CC2)nc1.CC(C)(c1ccccc1)c1cnc(N2CCN(c3ncnc(Nc4ccc([C@H](O)CO)cc4)n3)CC2)nc1. The Hall–Kier alpha value is -12.5. The lowest BCUT2D eigenvalue weighted by Gasteiger charge is -2.35. The summed E-state index contributed by atoms with van der Waals surface area (Å²) in [5, 5.41) is 67.5. The van der Waals surface area contributed by atoms with E-state index in [1.165, 1.54) is 35.7 Å². The maximum absolute atomic E-state index is 10.3. The van der Waals surface area contributed by atoms with E-state index in [2.05, 4.69) is 189 Å². The Kier molecular flexibility index (Phi) is 25.7. The van der Waals surface area contributed by atoms with E-state index in [1.54, 1.807) is 50.2 Å². The van der Waals surface area contributed by atoms with Gasteiger partial charge in [-0.2, -0.15) is 15.0 Å². The van der Waals surface area contributed by atoms with Gasteiger partial charge in [-0.1, -0.05) is 155 Å². The van der Waals surface area contributed by atoms with Crippen LogP contribution in [0.3, 0.4) is 0 Å². The van der Waals surface area contributed by atoms with Crippen molar-refractivity contribution in [3.8, 4) is 0 Å². The number of rotatable bonds is 24. The summed E-state index contributed by atoms with van der Waals surface area (Å²) in [4.78, 5) is 80.5. The molecule has 30 heteroatoms. The predicted octanol–water partition coefficient (Wildman–Crippen LogP) is 9.29. The Balaban J connectivity index is 0.000000149. The summed E-state index contributed by atoms with van der Waals surface area (Å²) >= 11 is 0. The number of hydrogen-bond acceptors (Lipinski definition) is 30. The van der Waals surface area contributed by atoms with Gasteiger partial charge in [-0.15, -0.1) is 0 Å². The van der Waals surface area contributed by atoms with Crippen LogP contribution in [0, 0.1) is 0 Å². The first-order valence-electron chi connectivity index (χ1n) is 38.0. The highest BCUT2D eigenvalue weighted by atomic mass is 16.3. The zero-order valence-electron chi connectivity index (χ0n) is 64.7. The fourth-order valence-corrected chi connectivity index (χ4v) is 13.2. The summed E-state index contributed by atoms with van der Waals surface area (Å²) in [5.74, 6) is 5.32. The monoisotopic (exact) mass is 1540 g/mol. The number of aliphatic hydroxyl groups is 6. The second kappa shape index (κ2) is 36.8. The molecule has 6 aromatic carbocycles. The number of aromatic nitrogens is 15. The van der Waals surface area contributed by atoms with Crippen LogP contribution in [0.15, 0.2) is 220 Å². The van der Waals surface area contributed by atoms with E-state index in [4.69, 9.17) is 30.1 Å². The van der Waals surface area contributed by atoms with Crippen molar-refractivity contribution >= 4 is 70.6 Å². The maximum atomic E-state index is 10.3. The predicted molar refractivity (Wildman–Crippen MR) is 440 cm³/mol. The Labute approximate surface area is 662 Å². The third kappa shape index (κ3) is 20.4. The van der Waals surface area contributed by atoms with Crippen LogP contribution < -0.4 is 45.3 Å². The van der Waals surface area contributed by atoms with Crippen LogP contribution in [0.5, 0.6) is 0 Å². The molecule has 0 amide bonds. The van der Waals surface area contributed by atoms with Gasteiger partial charge in [0.25, 0.3) is 0 Å². The molecule has 6 aromatic heterocycles. The molecule has 0 radical (unpaired) electrons. The van der Waals surface area contributed by atoms with Gasteiger partial charge < -0.3 is 76.0 Å². The van der Waals surface area contributed by atoms with Gasteiger partial charge in [0.2, 0.25) is 53.5 Å². The molecule has 0 spiro atoms. The van der Waals surface area contributed by atoms with Crippen LogP contribution in [-0.2, 0) is 17.3 Å². The van der Waals surface area contributed by atoms with Crippen molar-refractivity contribution in [1.82, 2.24) is 74.8 Å². The van der Waals surface area contributed by atoms with E-state index in [1.807, 2.05) is 104 Å². The zero-order valence-corrected chi connectivity index (χ0v) is 64.7. The first-order chi connectivity index (χ1) is 55.2. The summed E-state index contributed by atoms with van der Waals surface area (Å²) in [6.07, 6.45) is 14.1. The molecule has 3 atom stereocenters. The molecule has 114 heavy (non-hydrogen) atoms. The third-order valence-corrected chi connectivity index (χ3v) is 20.5. The molecule has 588 valence electrons. The molecule has 0 aliphatic carbocycles. The molecular formula is C84H96N24O6. The number of nitrogens with zero attached hydrogens (tertiary/aromatic N) is 21. The quantitative estimate of drug-likeness (QED) is 0.0272. The number of benzene rings is 6. The molecule has 9 N–H and O–H groups in total. The van der Waals surface area contributed by atoms with Crippen molar-refractivity contribution in [1.29, 1.82) is 0 Å². The normalized spacial score (nSPS) is 14.8. The molecule has 12 aromatic rings. The molecular weight excluding hydrogens is 1440 g/mol. The highest BCUT2D eigenvalue weighted by molar-refractivity contribution is 5.58. The van der Waals surface area contributed by atoms with E-state index < -0.39 is 23.9 Å². The van der Waals surface area contributed by atoms with Gasteiger partial charge >= 0.3 is 0 Å². The van der Waals surface area contributed by atoms with Crippen LogP contribution in [-0.4, -0.2) is 203 Å². The molecule has 0 saturated carbocycles. The molecule has 3 fully saturated rings. The highest BCUT2D eigenvalue weighted by Gasteiger charge is 2.30. The van der Waals surface area contributed by atoms with Gasteiger partial charge in [0.1, 0.15) is 37.3 Å². The van der Waals surface area contributed by atoms with Crippen LogP contribution in [0.4, 0.5) is 70.6 Å².